The van der Waals surface area contributed by atoms with E-state index in [9.17, 15) is 26.4 Å². The van der Waals surface area contributed by atoms with Gasteiger partial charge in [-0.3, -0.25) is 4.79 Å². The number of ether oxygens (including phenoxy) is 2. The molecular weight excluding hydrogens is 595 g/mol. The summed E-state index contributed by atoms with van der Waals surface area (Å²) >= 11 is 6.16. The monoisotopic (exact) mass is 617 g/mol. The number of fused-ring (bicyclic) bond motifs is 2. The molecule has 0 aliphatic carbocycles. The lowest BCUT2D eigenvalue weighted by molar-refractivity contribution is -0.113. The van der Waals surface area contributed by atoms with Gasteiger partial charge in [0.05, 0.1) is 5.36 Å². The molecule has 1 fully saturated rings. The van der Waals surface area contributed by atoms with Crippen molar-refractivity contribution in [3.05, 3.63) is 99.0 Å². The van der Waals surface area contributed by atoms with Crippen LogP contribution in [-0.2, 0) is 14.8 Å². The van der Waals surface area contributed by atoms with Crippen LogP contribution in [-0.4, -0.2) is 50.1 Å². The molecule has 8 nitrogen and oxygen atoms in total. The topological polar surface area (TPSA) is 97.3 Å². The fraction of sp³-hybridized carbons (Fsp3) is 0.241. The fourth-order valence-corrected chi connectivity index (χ4v) is 6.36. The van der Waals surface area contributed by atoms with E-state index in [4.69, 9.17) is 21.1 Å². The molecule has 42 heavy (non-hydrogen) atoms. The number of benzene rings is 3. The van der Waals surface area contributed by atoms with Crippen LogP contribution < -0.4 is 25.4 Å². The number of carbonyl (C=O) groups excluding carboxylic acids is 1. The molecule has 13 heteroatoms. The van der Waals surface area contributed by atoms with Gasteiger partial charge in [-0.15, -0.1) is 0 Å². The first-order chi connectivity index (χ1) is 20.0. The van der Waals surface area contributed by atoms with E-state index < -0.39 is 21.4 Å². The maximum absolute atomic E-state index is 13.0. The number of nitrogens with zero attached hydrogens (tertiary/aromatic N) is 2. The lowest BCUT2D eigenvalue weighted by Crippen LogP contribution is -2.48. The Hall–Kier alpha value is -3.87. The van der Waals surface area contributed by atoms with Crippen molar-refractivity contribution >= 4 is 38.8 Å². The molecule has 3 aliphatic rings. The van der Waals surface area contributed by atoms with Crippen molar-refractivity contribution in [3.63, 3.8) is 0 Å². The normalized spacial score (nSPS) is 18.2. The lowest BCUT2D eigenvalue weighted by Gasteiger charge is -2.33. The number of alkyl halides is 3. The van der Waals surface area contributed by atoms with Gasteiger partial charge in [-0.1, -0.05) is 35.9 Å². The summed E-state index contributed by atoms with van der Waals surface area (Å²) in [6.07, 6.45) is 1.60. The summed E-state index contributed by atoms with van der Waals surface area (Å²) in [5, 5.41) is 5.08. The summed E-state index contributed by atoms with van der Waals surface area (Å²) in [6.45, 7) is -0.461. The number of rotatable bonds is 5. The van der Waals surface area contributed by atoms with Crippen molar-refractivity contribution in [2.45, 2.75) is 24.4 Å². The van der Waals surface area contributed by atoms with Gasteiger partial charge in [-0.05, 0) is 71.2 Å². The third-order valence-electron chi connectivity index (χ3n) is 7.31. The second-order valence-electron chi connectivity index (χ2n) is 9.96. The summed E-state index contributed by atoms with van der Waals surface area (Å²) in [4.78, 5) is 16.6. The van der Waals surface area contributed by atoms with Gasteiger partial charge in [-0.2, -0.15) is 17.5 Å². The quantitative estimate of drug-likeness (QED) is 0.469. The van der Waals surface area contributed by atoms with Crippen molar-refractivity contribution in [2.24, 2.45) is 4.99 Å². The molecule has 0 radical (unpaired) electrons. The number of hydrogen-bond acceptors (Lipinski definition) is 6. The van der Waals surface area contributed by atoms with Gasteiger partial charge in [0.25, 0.3) is 5.91 Å². The molecule has 218 valence electrons. The molecule has 6 rings (SSSR count). The van der Waals surface area contributed by atoms with E-state index in [2.05, 4.69) is 10.3 Å². The van der Waals surface area contributed by atoms with Gasteiger partial charge in [0.2, 0.25) is 6.79 Å². The standard InChI is InChI=1S/C29H23ClF3N3O5S/c30-20-5-1-17(2-6-20)28(19-4-8-25-26(14-19)41-16-40-25)18-3-7-23-22(13-18)24(15-27(37)35-23)34-21-9-11-36(12-10-21)42(38,39)29(31,32)33/h1-8,13-15,21,34H,9-12,16H2/b28-18-. The van der Waals surface area contributed by atoms with Crippen LogP contribution in [0.1, 0.15) is 29.5 Å². The Morgan fingerprint density at radius 1 is 0.952 bits per heavy atom. The maximum Gasteiger partial charge on any atom is 0.511 e. The molecule has 1 amide bonds. The molecule has 3 aromatic rings. The minimum absolute atomic E-state index is 0.129. The number of piperidine rings is 1. The van der Waals surface area contributed by atoms with E-state index in [1.165, 1.54) is 6.08 Å². The maximum atomic E-state index is 13.0. The van der Waals surface area contributed by atoms with E-state index in [0.29, 0.717) is 37.4 Å². The molecule has 0 aromatic heterocycles. The molecule has 0 atom stereocenters. The first kappa shape index (κ1) is 28.3. The zero-order valence-corrected chi connectivity index (χ0v) is 23.4. The fourth-order valence-electron chi connectivity index (χ4n) is 5.25. The van der Waals surface area contributed by atoms with Crippen LogP contribution in [0.5, 0.6) is 11.5 Å². The molecule has 3 aromatic carbocycles. The zero-order chi connectivity index (χ0) is 29.6. The first-order valence-electron chi connectivity index (χ1n) is 13.0. The van der Waals surface area contributed by atoms with Crippen molar-refractivity contribution in [3.8, 4) is 11.5 Å². The minimum atomic E-state index is -5.39. The average molecular weight is 618 g/mol. The van der Waals surface area contributed by atoms with E-state index in [0.717, 1.165) is 21.9 Å². The molecule has 0 saturated carbocycles. The molecule has 0 bridgehead atoms. The number of nitrogens with one attached hydrogen (secondary N) is 1. The van der Waals surface area contributed by atoms with Crippen LogP contribution >= 0.6 is 11.6 Å². The second-order valence-corrected chi connectivity index (χ2v) is 12.3. The van der Waals surface area contributed by atoms with Crippen LogP contribution in [0.3, 0.4) is 0 Å². The Balaban J connectivity index is 1.37. The van der Waals surface area contributed by atoms with Crippen molar-refractivity contribution < 1.29 is 35.9 Å². The van der Waals surface area contributed by atoms with Gasteiger partial charge >= 0.3 is 15.5 Å². The number of sulfonamides is 1. The van der Waals surface area contributed by atoms with Crippen LogP contribution in [0, 0.1) is 0 Å². The molecule has 0 unspecified atom stereocenters. The molecular formula is C29H23ClF3N3O5S. The number of amides is 1. The molecule has 0 spiro atoms. The van der Waals surface area contributed by atoms with Gasteiger partial charge in [0, 0.05) is 41.5 Å². The van der Waals surface area contributed by atoms with E-state index in [-0.39, 0.29) is 38.8 Å². The van der Waals surface area contributed by atoms with Crippen LogP contribution in [0.2, 0.25) is 5.02 Å². The summed E-state index contributed by atoms with van der Waals surface area (Å²) in [5.41, 5.74) is -1.68. The van der Waals surface area contributed by atoms with Crippen molar-refractivity contribution in [1.82, 2.24) is 9.62 Å². The van der Waals surface area contributed by atoms with Crippen LogP contribution in [0.25, 0.3) is 11.3 Å². The third kappa shape index (κ3) is 5.37. The van der Waals surface area contributed by atoms with E-state index in [1.54, 1.807) is 18.2 Å². The summed E-state index contributed by atoms with van der Waals surface area (Å²) < 4.78 is 74.2. The third-order valence-corrected chi connectivity index (χ3v) is 9.20. The van der Waals surface area contributed by atoms with Crippen LogP contribution in [0.4, 0.5) is 13.2 Å². The minimum Gasteiger partial charge on any atom is -0.454 e. The first-order valence-corrected chi connectivity index (χ1v) is 14.8. The Morgan fingerprint density at radius 2 is 1.64 bits per heavy atom. The lowest BCUT2D eigenvalue weighted by atomic mass is 9.93. The zero-order valence-electron chi connectivity index (χ0n) is 21.8. The van der Waals surface area contributed by atoms with Crippen molar-refractivity contribution in [1.29, 1.82) is 0 Å². The summed E-state index contributed by atoms with van der Waals surface area (Å²) in [5.74, 6) is 0.770. The van der Waals surface area contributed by atoms with Crippen LogP contribution in [0.15, 0.2) is 71.7 Å². The molecule has 1 N–H and O–H groups in total. The number of carbonyl (C=O) groups is 1. The number of halogens is 4. The van der Waals surface area contributed by atoms with E-state index in [1.807, 2.05) is 42.5 Å². The molecule has 3 aliphatic heterocycles. The molecule has 1 saturated heterocycles. The van der Waals surface area contributed by atoms with Gasteiger partial charge in [0.1, 0.15) is 0 Å². The number of hydrogen-bond donors (Lipinski definition) is 1. The van der Waals surface area contributed by atoms with Crippen molar-refractivity contribution in [2.75, 3.05) is 19.9 Å². The summed E-state index contributed by atoms with van der Waals surface area (Å²) in [7, 11) is -5.39. The highest BCUT2D eigenvalue weighted by Gasteiger charge is 2.50. The predicted octanol–water partition coefficient (Wildman–Crippen LogP) is 3.72. The predicted molar refractivity (Wildman–Crippen MR) is 149 cm³/mol. The highest BCUT2D eigenvalue weighted by atomic mass is 35.5. The largest absolute Gasteiger partial charge is 0.511 e. The average Bonchev–Trinajstić information content (AvgIpc) is 3.42. The highest BCUT2D eigenvalue weighted by molar-refractivity contribution is 7.90. The van der Waals surface area contributed by atoms with Gasteiger partial charge in [-0.25, -0.2) is 13.4 Å². The smallest absolute Gasteiger partial charge is 0.454 e. The SMILES string of the molecule is O=C1C=C(NC2CCN(S(=O)(=O)C(F)(F)F)CC2)c2c/c(=C(/c3ccc(Cl)cc3)c3ccc4c(c3)OCO4)ccc2=N1. The Kier molecular flexibility index (Phi) is 7.24. The van der Waals surface area contributed by atoms with Gasteiger partial charge in [0.15, 0.2) is 11.5 Å². The highest BCUT2D eigenvalue weighted by Crippen LogP contribution is 2.36. The Bertz CT molecular complexity index is 1840. The Morgan fingerprint density at radius 3 is 2.36 bits per heavy atom. The molecule has 3 heterocycles. The Labute approximate surface area is 243 Å². The summed E-state index contributed by atoms with van der Waals surface area (Å²) in [6, 6.07) is 18.1. The van der Waals surface area contributed by atoms with Gasteiger partial charge < -0.3 is 14.8 Å². The van der Waals surface area contributed by atoms with E-state index >= 15 is 0 Å². The second kappa shape index (κ2) is 10.8.